The summed E-state index contributed by atoms with van der Waals surface area (Å²) in [4.78, 5) is 17.6. The van der Waals surface area contributed by atoms with E-state index in [0.717, 1.165) is 42.1 Å². The van der Waals surface area contributed by atoms with E-state index in [4.69, 9.17) is 0 Å². The molecular weight excluding hydrogens is 292 g/mol. The maximum atomic E-state index is 10.7. The van der Waals surface area contributed by atoms with Gasteiger partial charge in [-0.15, -0.1) is 5.10 Å². The number of hydrogen-bond donors (Lipinski definition) is 2. The normalized spacial score (nSPS) is 16.3. The average Bonchev–Trinajstić information content (AvgIpc) is 3.16. The molecule has 1 aliphatic rings. The molecule has 21 heavy (non-hydrogen) atoms. The molecule has 0 radical (unpaired) electrons. The second-order valence-corrected chi connectivity index (χ2v) is 5.99. The maximum absolute atomic E-state index is 10.7. The molecule has 1 saturated heterocycles. The number of nitrogens with one attached hydrogen (secondary N) is 2. The first kappa shape index (κ1) is 14.0. The summed E-state index contributed by atoms with van der Waals surface area (Å²) < 4.78 is 0. The van der Waals surface area contributed by atoms with Gasteiger partial charge in [0.1, 0.15) is 0 Å². The Hall–Kier alpha value is -2.00. The molecule has 0 amide bonds. The van der Waals surface area contributed by atoms with Gasteiger partial charge >= 0.3 is 5.00 Å². The minimum absolute atomic E-state index is 0.109. The number of nitrogens with zero attached hydrogens (tertiary/aromatic N) is 4. The summed E-state index contributed by atoms with van der Waals surface area (Å²) in [6.07, 6.45) is 2.12. The van der Waals surface area contributed by atoms with Gasteiger partial charge in [0.15, 0.2) is 5.82 Å². The van der Waals surface area contributed by atoms with Gasteiger partial charge in [-0.2, -0.15) is 4.98 Å². The standard InChI is InChI=1S/C12H16N6O2S/c1-13-8-4-6-17(7-5-8)12-14-11(15-16-12)9-2-3-10(21-9)18(19)20/h2-3,8,13H,4-7H2,1H3,(H,14,15,16). The van der Waals surface area contributed by atoms with E-state index in [-0.39, 0.29) is 5.00 Å². The molecule has 0 aromatic carbocycles. The maximum Gasteiger partial charge on any atom is 0.324 e. The van der Waals surface area contributed by atoms with Crippen LogP contribution in [0.1, 0.15) is 12.8 Å². The van der Waals surface area contributed by atoms with Crippen LogP contribution in [-0.4, -0.2) is 46.3 Å². The Morgan fingerprint density at radius 2 is 2.24 bits per heavy atom. The summed E-state index contributed by atoms with van der Waals surface area (Å²) in [6, 6.07) is 3.74. The van der Waals surface area contributed by atoms with E-state index >= 15 is 0 Å². The molecule has 3 rings (SSSR count). The molecule has 3 heterocycles. The van der Waals surface area contributed by atoms with Gasteiger partial charge in [-0.05, 0) is 26.0 Å². The Morgan fingerprint density at radius 1 is 1.48 bits per heavy atom. The van der Waals surface area contributed by atoms with Gasteiger partial charge in [0.25, 0.3) is 0 Å². The second kappa shape index (κ2) is 5.78. The zero-order valence-electron chi connectivity index (χ0n) is 11.6. The average molecular weight is 308 g/mol. The van der Waals surface area contributed by atoms with Crippen molar-refractivity contribution >= 4 is 22.3 Å². The van der Waals surface area contributed by atoms with Crippen LogP contribution in [0.5, 0.6) is 0 Å². The van der Waals surface area contributed by atoms with Gasteiger partial charge in [0.2, 0.25) is 5.95 Å². The van der Waals surface area contributed by atoms with Crippen LogP contribution in [-0.2, 0) is 0 Å². The number of nitro groups is 1. The monoisotopic (exact) mass is 308 g/mol. The SMILES string of the molecule is CNC1CCN(c2n[nH]c(-c3ccc([N+](=O)[O-])s3)n2)CC1. The first-order valence-electron chi connectivity index (χ1n) is 6.76. The van der Waals surface area contributed by atoms with Crippen LogP contribution >= 0.6 is 11.3 Å². The van der Waals surface area contributed by atoms with Crippen molar-refractivity contribution in [3.63, 3.8) is 0 Å². The van der Waals surface area contributed by atoms with Gasteiger partial charge in [-0.1, -0.05) is 11.3 Å². The fourth-order valence-corrected chi connectivity index (χ4v) is 3.19. The topological polar surface area (TPSA) is 100.0 Å². The highest BCUT2D eigenvalue weighted by atomic mass is 32.1. The number of rotatable bonds is 4. The number of aromatic nitrogens is 3. The molecule has 9 heteroatoms. The minimum atomic E-state index is -0.395. The Balaban J connectivity index is 1.72. The summed E-state index contributed by atoms with van der Waals surface area (Å²) >= 11 is 1.10. The predicted octanol–water partition coefficient (Wildman–Crippen LogP) is 1.63. The molecule has 0 saturated carbocycles. The molecular formula is C12H16N6O2S. The van der Waals surface area contributed by atoms with Crippen molar-refractivity contribution in [1.29, 1.82) is 0 Å². The lowest BCUT2D eigenvalue weighted by Crippen LogP contribution is -2.41. The third-order valence-corrected chi connectivity index (χ3v) is 4.71. The molecule has 0 aliphatic carbocycles. The van der Waals surface area contributed by atoms with Crippen LogP contribution in [0.25, 0.3) is 10.7 Å². The molecule has 2 aromatic rings. The number of aromatic amines is 1. The lowest BCUT2D eigenvalue weighted by atomic mass is 10.1. The third kappa shape index (κ3) is 2.88. The summed E-state index contributed by atoms with van der Waals surface area (Å²) in [5.74, 6) is 1.24. The van der Waals surface area contributed by atoms with E-state index < -0.39 is 4.92 Å². The zero-order chi connectivity index (χ0) is 14.8. The van der Waals surface area contributed by atoms with Crippen LogP contribution in [0.3, 0.4) is 0 Å². The molecule has 0 atom stereocenters. The highest BCUT2D eigenvalue weighted by molar-refractivity contribution is 7.18. The van der Waals surface area contributed by atoms with Crippen molar-refractivity contribution in [3.05, 3.63) is 22.2 Å². The Labute approximate surface area is 125 Å². The first-order chi connectivity index (χ1) is 10.2. The number of piperidine rings is 1. The third-order valence-electron chi connectivity index (χ3n) is 3.66. The van der Waals surface area contributed by atoms with Crippen molar-refractivity contribution in [2.45, 2.75) is 18.9 Å². The number of thiophene rings is 1. The fourth-order valence-electron chi connectivity index (χ4n) is 2.43. The molecule has 1 fully saturated rings. The van der Waals surface area contributed by atoms with E-state index in [2.05, 4.69) is 25.4 Å². The molecule has 0 unspecified atom stereocenters. The summed E-state index contributed by atoms with van der Waals surface area (Å²) in [5, 5.41) is 21.2. The second-order valence-electron chi connectivity index (χ2n) is 4.93. The van der Waals surface area contributed by atoms with Gasteiger partial charge in [-0.25, -0.2) is 0 Å². The van der Waals surface area contributed by atoms with Crippen molar-refractivity contribution in [2.75, 3.05) is 25.0 Å². The van der Waals surface area contributed by atoms with E-state index in [1.54, 1.807) is 6.07 Å². The Morgan fingerprint density at radius 3 is 2.86 bits per heavy atom. The molecule has 112 valence electrons. The van der Waals surface area contributed by atoms with Crippen molar-refractivity contribution in [1.82, 2.24) is 20.5 Å². The number of anilines is 1. The van der Waals surface area contributed by atoms with Gasteiger partial charge in [-0.3, -0.25) is 15.2 Å². The lowest BCUT2D eigenvalue weighted by Gasteiger charge is -2.30. The van der Waals surface area contributed by atoms with E-state index in [9.17, 15) is 10.1 Å². The Kier molecular flexibility index (Phi) is 3.84. The number of hydrogen-bond acceptors (Lipinski definition) is 7. The van der Waals surface area contributed by atoms with Crippen LogP contribution in [0.15, 0.2) is 12.1 Å². The number of H-pyrrole nitrogens is 1. The summed E-state index contributed by atoms with van der Waals surface area (Å²) in [5.41, 5.74) is 0. The molecule has 8 nitrogen and oxygen atoms in total. The van der Waals surface area contributed by atoms with E-state index in [0.29, 0.717) is 17.8 Å². The summed E-state index contributed by atoms with van der Waals surface area (Å²) in [6.45, 7) is 1.82. The van der Waals surface area contributed by atoms with Crippen LogP contribution in [0.2, 0.25) is 0 Å². The molecule has 0 bridgehead atoms. The Bertz CT molecular complexity index is 631. The van der Waals surface area contributed by atoms with Gasteiger partial charge in [0, 0.05) is 25.2 Å². The van der Waals surface area contributed by atoms with E-state index in [1.165, 1.54) is 6.07 Å². The van der Waals surface area contributed by atoms with Crippen LogP contribution in [0, 0.1) is 10.1 Å². The van der Waals surface area contributed by atoms with Gasteiger partial charge < -0.3 is 10.2 Å². The van der Waals surface area contributed by atoms with Crippen molar-refractivity contribution in [3.8, 4) is 10.7 Å². The van der Waals surface area contributed by atoms with Crippen LogP contribution < -0.4 is 10.2 Å². The highest BCUT2D eigenvalue weighted by Crippen LogP contribution is 2.31. The van der Waals surface area contributed by atoms with E-state index in [1.807, 2.05) is 7.05 Å². The molecule has 2 N–H and O–H groups in total. The predicted molar refractivity (Wildman–Crippen MR) is 80.6 cm³/mol. The zero-order valence-corrected chi connectivity index (χ0v) is 12.4. The lowest BCUT2D eigenvalue weighted by molar-refractivity contribution is -0.380. The molecule has 0 spiro atoms. The molecule has 1 aliphatic heterocycles. The molecule has 2 aromatic heterocycles. The highest BCUT2D eigenvalue weighted by Gasteiger charge is 2.21. The largest absolute Gasteiger partial charge is 0.339 e. The minimum Gasteiger partial charge on any atom is -0.339 e. The van der Waals surface area contributed by atoms with Gasteiger partial charge in [0.05, 0.1) is 9.80 Å². The first-order valence-corrected chi connectivity index (χ1v) is 7.58. The van der Waals surface area contributed by atoms with Crippen LogP contribution in [0.4, 0.5) is 10.9 Å². The quantitative estimate of drug-likeness (QED) is 0.658. The smallest absolute Gasteiger partial charge is 0.324 e. The fraction of sp³-hybridized carbons (Fsp3) is 0.500. The van der Waals surface area contributed by atoms with Crippen molar-refractivity contribution in [2.24, 2.45) is 0 Å². The van der Waals surface area contributed by atoms with Crippen molar-refractivity contribution < 1.29 is 4.92 Å². The summed E-state index contributed by atoms with van der Waals surface area (Å²) in [7, 11) is 1.98.